The van der Waals surface area contributed by atoms with Crippen LogP contribution < -0.4 is 11.1 Å². The molecule has 2 atom stereocenters. The third-order valence-corrected chi connectivity index (χ3v) is 4.93. The Morgan fingerprint density at radius 3 is 2.74 bits per heavy atom. The van der Waals surface area contributed by atoms with E-state index in [2.05, 4.69) is 60.2 Å². The molecule has 3 N–H and O–H groups in total. The number of likely N-dealkylation sites (tertiary alicyclic amines) is 1. The molecule has 0 aliphatic carbocycles. The quantitative estimate of drug-likeness (QED) is 0.622. The van der Waals surface area contributed by atoms with Gasteiger partial charge in [0.1, 0.15) is 0 Å². The summed E-state index contributed by atoms with van der Waals surface area (Å²) in [5, 5.41) is 3.20. The number of nitrogens with two attached hydrogens (primary N) is 1. The van der Waals surface area contributed by atoms with E-state index in [9.17, 15) is 0 Å². The van der Waals surface area contributed by atoms with E-state index in [0.29, 0.717) is 17.8 Å². The van der Waals surface area contributed by atoms with Crippen LogP contribution in [0.15, 0.2) is 29.3 Å². The van der Waals surface area contributed by atoms with Crippen LogP contribution in [0.25, 0.3) is 0 Å². The zero-order valence-corrected chi connectivity index (χ0v) is 14.9. The lowest BCUT2D eigenvalue weighted by molar-refractivity contribution is 0.187. The van der Waals surface area contributed by atoms with Crippen molar-refractivity contribution in [3.8, 4) is 0 Å². The Bertz CT molecular complexity index is 495. The van der Waals surface area contributed by atoms with Crippen LogP contribution >= 0.6 is 0 Å². The second-order valence-electron chi connectivity index (χ2n) is 6.68. The minimum absolute atomic E-state index is 0.523. The van der Waals surface area contributed by atoms with Gasteiger partial charge in [-0.25, -0.2) is 0 Å². The Kier molecular flexibility index (Phi) is 6.90. The number of nitrogens with zero attached hydrogens (tertiary/aromatic N) is 2. The van der Waals surface area contributed by atoms with Crippen molar-refractivity contribution >= 4 is 11.6 Å². The molecule has 0 amide bonds. The average Bonchev–Trinajstić information content (AvgIpc) is 2.60. The predicted octanol–water partition coefficient (Wildman–Crippen LogP) is 3.66. The van der Waals surface area contributed by atoms with Gasteiger partial charge in [0.25, 0.3) is 0 Å². The van der Waals surface area contributed by atoms with Crippen molar-refractivity contribution in [2.45, 2.75) is 46.0 Å². The Morgan fingerprint density at radius 2 is 2.09 bits per heavy atom. The van der Waals surface area contributed by atoms with E-state index >= 15 is 0 Å². The second-order valence-corrected chi connectivity index (χ2v) is 6.68. The molecule has 1 aromatic carbocycles. The first-order valence-corrected chi connectivity index (χ1v) is 9.01. The van der Waals surface area contributed by atoms with Crippen molar-refractivity contribution in [3.05, 3.63) is 29.8 Å². The molecular formula is C19H32N4. The van der Waals surface area contributed by atoms with Crippen LogP contribution in [0.5, 0.6) is 0 Å². The molecule has 1 aliphatic heterocycles. The average molecular weight is 316 g/mol. The summed E-state index contributed by atoms with van der Waals surface area (Å²) in [6.07, 6.45) is 3.70. The molecule has 1 aromatic rings. The van der Waals surface area contributed by atoms with Crippen molar-refractivity contribution in [2.75, 3.05) is 31.5 Å². The SMILES string of the molecule is CCC(C)c1ccc(NC(N)=NCC2CCCN(CC)C2)cc1. The molecule has 2 rings (SSSR count). The molecule has 0 bridgehead atoms. The number of rotatable bonds is 6. The standard InChI is InChI=1S/C19H32N4/c1-4-15(3)17-8-10-18(11-9-17)22-19(20)21-13-16-7-6-12-23(5-2)14-16/h8-11,15-16H,4-7,12-14H2,1-3H3,(H3,20,21,22). The number of anilines is 1. The smallest absolute Gasteiger partial charge is 0.193 e. The largest absolute Gasteiger partial charge is 0.370 e. The highest BCUT2D eigenvalue weighted by atomic mass is 15.1. The van der Waals surface area contributed by atoms with Crippen LogP contribution in [0.2, 0.25) is 0 Å². The van der Waals surface area contributed by atoms with Gasteiger partial charge in [-0.05, 0) is 61.9 Å². The van der Waals surface area contributed by atoms with Gasteiger partial charge in [0, 0.05) is 18.8 Å². The normalized spacial score (nSPS) is 21.2. The Balaban J connectivity index is 1.84. The van der Waals surface area contributed by atoms with E-state index < -0.39 is 0 Å². The van der Waals surface area contributed by atoms with Gasteiger partial charge in [-0.2, -0.15) is 0 Å². The Hall–Kier alpha value is -1.55. The molecule has 0 radical (unpaired) electrons. The van der Waals surface area contributed by atoms with Gasteiger partial charge in [-0.1, -0.05) is 32.9 Å². The number of guanidine groups is 1. The first-order valence-electron chi connectivity index (χ1n) is 9.01. The van der Waals surface area contributed by atoms with E-state index in [1.807, 2.05) is 0 Å². The van der Waals surface area contributed by atoms with E-state index in [4.69, 9.17) is 5.73 Å². The molecule has 0 saturated carbocycles. The number of piperidine rings is 1. The highest BCUT2D eigenvalue weighted by Crippen LogP contribution is 2.20. The van der Waals surface area contributed by atoms with Crippen LogP contribution in [0.3, 0.4) is 0 Å². The van der Waals surface area contributed by atoms with Gasteiger partial charge in [-0.15, -0.1) is 0 Å². The van der Waals surface area contributed by atoms with Crippen molar-refractivity contribution in [1.82, 2.24) is 4.90 Å². The van der Waals surface area contributed by atoms with Gasteiger partial charge in [0.05, 0.1) is 0 Å². The van der Waals surface area contributed by atoms with Gasteiger partial charge >= 0.3 is 0 Å². The molecule has 128 valence electrons. The first-order chi connectivity index (χ1) is 11.1. The summed E-state index contributed by atoms with van der Waals surface area (Å²) in [5.74, 6) is 1.76. The van der Waals surface area contributed by atoms with Gasteiger partial charge in [-0.3, -0.25) is 4.99 Å². The van der Waals surface area contributed by atoms with E-state index in [1.54, 1.807) is 0 Å². The summed E-state index contributed by atoms with van der Waals surface area (Å²) in [4.78, 5) is 7.04. The minimum Gasteiger partial charge on any atom is -0.370 e. The van der Waals surface area contributed by atoms with Crippen LogP contribution in [-0.2, 0) is 0 Å². The van der Waals surface area contributed by atoms with Crippen LogP contribution in [-0.4, -0.2) is 37.0 Å². The zero-order chi connectivity index (χ0) is 16.7. The molecule has 0 aromatic heterocycles. The van der Waals surface area contributed by atoms with Gasteiger partial charge < -0.3 is 16.0 Å². The second kappa shape index (κ2) is 8.92. The predicted molar refractivity (Wildman–Crippen MR) is 100 cm³/mol. The van der Waals surface area contributed by atoms with Crippen molar-refractivity contribution in [2.24, 2.45) is 16.6 Å². The fourth-order valence-electron chi connectivity index (χ4n) is 3.13. The lowest BCUT2D eigenvalue weighted by Crippen LogP contribution is -2.36. The molecule has 1 heterocycles. The zero-order valence-electron chi connectivity index (χ0n) is 14.9. The molecular weight excluding hydrogens is 284 g/mol. The first kappa shape index (κ1) is 17.8. The number of benzene rings is 1. The summed E-state index contributed by atoms with van der Waals surface area (Å²) >= 11 is 0. The maximum absolute atomic E-state index is 6.04. The molecule has 23 heavy (non-hydrogen) atoms. The summed E-state index contributed by atoms with van der Waals surface area (Å²) in [6, 6.07) is 8.51. The number of hydrogen-bond donors (Lipinski definition) is 2. The highest BCUT2D eigenvalue weighted by molar-refractivity contribution is 5.92. The Morgan fingerprint density at radius 1 is 1.35 bits per heavy atom. The topological polar surface area (TPSA) is 53.6 Å². The van der Waals surface area contributed by atoms with E-state index in [0.717, 1.165) is 31.7 Å². The fraction of sp³-hybridized carbons (Fsp3) is 0.632. The summed E-state index contributed by atoms with van der Waals surface area (Å²) < 4.78 is 0. The Labute approximate surface area is 141 Å². The molecule has 4 heteroatoms. The van der Waals surface area contributed by atoms with Crippen LogP contribution in [0, 0.1) is 5.92 Å². The number of aliphatic imine (C=N–C) groups is 1. The van der Waals surface area contributed by atoms with E-state index in [1.165, 1.54) is 24.9 Å². The molecule has 4 nitrogen and oxygen atoms in total. The summed E-state index contributed by atoms with van der Waals surface area (Å²) in [7, 11) is 0. The molecule has 2 unspecified atom stereocenters. The fourth-order valence-corrected chi connectivity index (χ4v) is 3.13. The monoisotopic (exact) mass is 316 g/mol. The van der Waals surface area contributed by atoms with Gasteiger partial charge in [0.2, 0.25) is 0 Å². The molecule has 1 aliphatic rings. The van der Waals surface area contributed by atoms with Gasteiger partial charge in [0.15, 0.2) is 5.96 Å². The van der Waals surface area contributed by atoms with Crippen molar-refractivity contribution in [1.29, 1.82) is 0 Å². The highest BCUT2D eigenvalue weighted by Gasteiger charge is 2.18. The maximum Gasteiger partial charge on any atom is 0.193 e. The van der Waals surface area contributed by atoms with Crippen LogP contribution in [0.1, 0.15) is 51.5 Å². The van der Waals surface area contributed by atoms with Crippen LogP contribution in [0.4, 0.5) is 5.69 Å². The number of hydrogen-bond acceptors (Lipinski definition) is 2. The lowest BCUT2D eigenvalue weighted by atomic mass is 9.98. The lowest BCUT2D eigenvalue weighted by Gasteiger charge is -2.30. The molecule has 1 saturated heterocycles. The van der Waals surface area contributed by atoms with Crippen molar-refractivity contribution < 1.29 is 0 Å². The molecule has 1 fully saturated rings. The third-order valence-electron chi connectivity index (χ3n) is 4.93. The summed E-state index contributed by atoms with van der Waals surface area (Å²) in [6.45, 7) is 11.0. The minimum atomic E-state index is 0.523. The maximum atomic E-state index is 6.04. The van der Waals surface area contributed by atoms with E-state index in [-0.39, 0.29) is 0 Å². The summed E-state index contributed by atoms with van der Waals surface area (Å²) in [5.41, 5.74) is 8.42. The third kappa shape index (κ3) is 5.54. The molecule has 0 spiro atoms. The van der Waals surface area contributed by atoms with Crippen molar-refractivity contribution in [3.63, 3.8) is 0 Å². The number of nitrogens with one attached hydrogen (secondary N) is 1.